The van der Waals surface area contributed by atoms with Crippen LogP contribution in [0, 0.1) is 6.92 Å². The van der Waals surface area contributed by atoms with Crippen molar-refractivity contribution < 1.29 is 9.53 Å². The van der Waals surface area contributed by atoms with E-state index in [2.05, 4.69) is 4.98 Å². The number of carbonyl (C=O) groups is 1. The van der Waals surface area contributed by atoms with Gasteiger partial charge in [-0.25, -0.2) is 0 Å². The molecule has 1 amide bonds. The molecule has 0 aliphatic heterocycles. The molecule has 25 heavy (non-hydrogen) atoms. The van der Waals surface area contributed by atoms with Gasteiger partial charge < -0.3 is 14.6 Å². The molecule has 0 unspecified atom stereocenters. The van der Waals surface area contributed by atoms with Crippen LogP contribution in [0.25, 0.3) is 22.0 Å². The van der Waals surface area contributed by atoms with E-state index >= 15 is 0 Å². The fourth-order valence-electron chi connectivity index (χ4n) is 2.90. The molecule has 2 aromatic carbocycles. The summed E-state index contributed by atoms with van der Waals surface area (Å²) in [5, 5.41) is 0.543. The number of aryl methyl sites for hydroxylation is 1. The first kappa shape index (κ1) is 16.8. The second-order valence-corrected chi connectivity index (χ2v) is 6.14. The maximum absolute atomic E-state index is 13.1. The number of fused-ring (bicyclic) bond motifs is 1. The van der Waals surface area contributed by atoms with Crippen LogP contribution in [0.1, 0.15) is 15.9 Å². The molecule has 0 atom stereocenters. The van der Waals surface area contributed by atoms with Crippen LogP contribution in [-0.2, 0) is 0 Å². The molecule has 0 aliphatic carbocycles. The Labute approximate surface area is 145 Å². The van der Waals surface area contributed by atoms with Crippen molar-refractivity contribution in [3.8, 4) is 16.9 Å². The number of H-pyrrole nitrogens is 1. The van der Waals surface area contributed by atoms with Crippen LogP contribution in [0.5, 0.6) is 5.75 Å². The van der Waals surface area contributed by atoms with Crippen molar-refractivity contribution in [3.63, 3.8) is 0 Å². The van der Waals surface area contributed by atoms with Gasteiger partial charge in [0.05, 0.1) is 18.2 Å². The number of nitrogens with zero attached hydrogens (tertiary/aromatic N) is 1. The average molecular weight is 336 g/mol. The predicted octanol–water partition coefficient (Wildman–Crippen LogP) is 3.21. The molecule has 0 saturated heterocycles. The fraction of sp³-hybridized carbons (Fsp3) is 0.200. The first-order chi connectivity index (χ1) is 11.9. The number of carbonyl (C=O) groups excluding carboxylic acids is 1. The van der Waals surface area contributed by atoms with Gasteiger partial charge in [-0.3, -0.25) is 9.59 Å². The number of amides is 1. The quantitative estimate of drug-likeness (QED) is 0.799. The second kappa shape index (κ2) is 6.43. The minimum atomic E-state index is -0.141. The van der Waals surface area contributed by atoms with Crippen molar-refractivity contribution in [2.75, 3.05) is 21.2 Å². The van der Waals surface area contributed by atoms with Crippen LogP contribution in [0.2, 0.25) is 0 Å². The molecule has 1 heterocycles. The van der Waals surface area contributed by atoms with Gasteiger partial charge in [0.1, 0.15) is 5.75 Å². The molecular formula is C20H20N2O3. The lowest BCUT2D eigenvalue weighted by molar-refractivity contribution is 0.0829. The number of nitrogens with one attached hydrogen (secondary N) is 1. The molecule has 3 aromatic rings. The van der Waals surface area contributed by atoms with Gasteiger partial charge in [-0.2, -0.15) is 0 Å². The number of pyridine rings is 1. The lowest BCUT2D eigenvalue weighted by Crippen LogP contribution is -2.23. The van der Waals surface area contributed by atoms with Gasteiger partial charge in [-0.15, -0.1) is 0 Å². The summed E-state index contributed by atoms with van der Waals surface area (Å²) < 4.78 is 5.16. The van der Waals surface area contributed by atoms with Crippen LogP contribution in [0.15, 0.2) is 47.4 Å². The highest BCUT2D eigenvalue weighted by Crippen LogP contribution is 2.24. The molecule has 0 aliphatic rings. The average Bonchev–Trinajstić information content (AvgIpc) is 2.61. The number of aromatic nitrogens is 1. The molecule has 5 nitrogen and oxygen atoms in total. The van der Waals surface area contributed by atoms with E-state index in [0.717, 1.165) is 16.9 Å². The molecular weight excluding hydrogens is 316 g/mol. The van der Waals surface area contributed by atoms with E-state index < -0.39 is 0 Å². The number of benzene rings is 2. The smallest absolute Gasteiger partial charge is 0.255 e. The van der Waals surface area contributed by atoms with Crippen molar-refractivity contribution >= 4 is 16.8 Å². The summed E-state index contributed by atoms with van der Waals surface area (Å²) in [7, 11) is 4.99. The van der Waals surface area contributed by atoms with Gasteiger partial charge in [0.2, 0.25) is 0 Å². The lowest BCUT2D eigenvalue weighted by atomic mass is 9.99. The summed E-state index contributed by atoms with van der Waals surface area (Å²) in [6.07, 6.45) is 1.67. The van der Waals surface area contributed by atoms with E-state index in [9.17, 15) is 9.59 Å². The number of rotatable bonds is 3. The summed E-state index contributed by atoms with van der Waals surface area (Å²) >= 11 is 0. The van der Waals surface area contributed by atoms with Crippen molar-refractivity contribution in [3.05, 3.63) is 63.9 Å². The molecule has 5 heteroatoms. The number of aromatic amines is 1. The van der Waals surface area contributed by atoms with Crippen LogP contribution < -0.4 is 10.2 Å². The maximum Gasteiger partial charge on any atom is 0.255 e. The zero-order chi connectivity index (χ0) is 18.1. The van der Waals surface area contributed by atoms with Crippen LogP contribution >= 0.6 is 0 Å². The van der Waals surface area contributed by atoms with Gasteiger partial charge in [0.25, 0.3) is 5.91 Å². The molecule has 0 fully saturated rings. The molecule has 0 bridgehead atoms. The fourth-order valence-corrected chi connectivity index (χ4v) is 2.90. The Morgan fingerprint density at radius 3 is 2.36 bits per heavy atom. The molecule has 0 saturated carbocycles. The van der Waals surface area contributed by atoms with Crippen molar-refractivity contribution in [2.24, 2.45) is 0 Å². The molecule has 0 radical (unpaired) electrons. The zero-order valence-corrected chi connectivity index (χ0v) is 14.7. The Hall–Kier alpha value is -3.08. The maximum atomic E-state index is 13.1. The topological polar surface area (TPSA) is 62.4 Å². The van der Waals surface area contributed by atoms with Gasteiger partial charge in [0, 0.05) is 31.2 Å². The Bertz CT molecular complexity index is 1000. The molecule has 3 rings (SSSR count). The van der Waals surface area contributed by atoms with Crippen molar-refractivity contribution in [1.29, 1.82) is 0 Å². The van der Waals surface area contributed by atoms with Crippen LogP contribution in [0.4, 0.5) is 0 Å². The van der Waals surface area contributed by atoms with Crippen LogP contribution in [-0.4, -0.2) is 37.0 Å². The molecule has 1 N–H and O–H groups in total. The lowest BCUT2D eigenvalue weighted by Gasteiger charge is -2.14. The van der Waals surface area contributed by atoms with Crippen molar-refractivity contribution in [1.82, 2.24) is 9.88 Å². The van der Waals surface area contributed by atoms with E-state index in [1.807, 2.05) is 37.3 Å². The molecule has 128 valence electrons. The Kier molecular flexibility index (Phi) is 4.31. The zero-order valence-electron chi connectivity index (χ0n) is 14.7. The number of hydrogen-bond donors (Lipinski definition) is 1. The molecule has 0 spiro atoms. The highest BCUT2D eigenvalue weighted by molar-refractivity contribution is 6.06. The van der Waals surface area contributed by atoms with Crippen molar-refractivity contribution in [2.45, 2.75) is 6.92 Å². The van der Waals surface area contributed by atoms with E-state index in [0.29, 0.717) is 22.0 Å². The molecule has 1 aromatic heterocycles. The van der Waals surface area contributed by atoms with E-state index in [-0.39, 0.29) is 11.3 Å². The predicted molar refractivity (Wildman–Crippen MR) is 99.3 cm³/mol. The summed E-state index contributed by atoms with van der Waals surface area (Å²) in [6, 6.07) is 10.9. The van der Waals surface area contributed by atoms with Gasteiger partial charge >= 0.3 is 0 Å². The summed E-state index contributed by atoms with van der Waals surface area (Å²) in [4.78, 5) is 30.1. The largest absolute Gasteiger partial charge is 0.497 e. The first-order valence-electron chi connectivity index (χ1n) is 7.95. The summed E-state index contributed by atoms with van der Waals surface area (Å²) in [6.45, 7) is 1.87. The third-order valence-corrected chi connectivity index (χ3v) is 4.28. The minimum absolute atomic E-state index is 0.0928. The number of ether oxygens (including phenoxy) is 1. The Balaban J connectivity index is 2.25. The van der Waals surface area contributed by atoms with Gasteiger partial charge in [-0.05, 0) is 36.2 Å². The first-order valence-corrected chi connectivity index (χ1v) is 7.95. The monoisotopic (exact) mass is 336 g/mol. The third kappa shape index (κ3) is 2.89. The van der Waals surface area contributed by atoms with Crippen LogP contribution in [0.3, 0.4) is 0 Å². The third-order valence-electron chi connectivity index (χ3n) is 4.28. The number of methoxy groups -OCH3 is 1. The highest BCUT2D eigenvalue weighted by atomic mass is 16.5. The van der Waals surface area contributed by atoms with E-state index in [4.69, 9.17) is 4.74 Å². The summed E-state index contributed by atoms with van der Waals surface area (Å²) in [5.74, 6) is 0.592. The van der Waals surface area contributed by atoms with E-state index in [1.165, 1.54) is 4.90 Å². The minimum Gasteiger partial charge on any atom is -0.497 e. The summed E-state index contributed by atoms with van der Waals surface area (Å²) in [5.41, 5.74) is 3.16. The standard InChI is InChI=1S/C20H20N2O3/c1-12-5-10-15(20(24)22(2)3)18-17(12)19(23)16(11-21-18)13-6-8-14(25-4)9-7-13/h5-11H,1-4H3,(H,21,23). The Morgan fingerprint density at radius 2 is 1.76 bits per heavy atom. The Morgan fingerprint density at radius 1 is 1.08 bits per heavy atom. The highest BCUT2D eigenvalue weighted by Gasteiger charge is 2.17. The normalized spacial score (nSPS) is 10.7. The second-order valence-electron chi connectivity index (χ2n) is 6.14. The SMILES string of the molecule is COc1ccc(-c2c[nH]c3c(C(=O)N(C)C)ccc(C)c3c2=O)cc1. The number of hydrogen-bond acceptors (Lipinski definition) is 3. The van der Waals surface area contributed by atoms with E-state index in [1.54, 1.807) is 33.5 Å². The van der Waals surface area contributed by atoms with Gasteiger partial charge in [-0.1, -0.05) is 18.2 Å². The van der Waals surface area contributed by atoms with Gasteiger partial charge in [0.15, 0.2) is 5.43 Å².